The van der Waals surface area contributed by atoms with E-state index in [0.717, 1.165) is 0 Å². The molecule has 68 heavy (non-hydrogen) atoms. The van der Waals surface area contributed by atoms with Crippen LogP contribution in [0.25, 0.3) is 0 Å². The first-order chi connectivity index (χ1) is 32.1. The van der Waals surface area contributed by atoms with Crippen molar-refractivity contribution in [3.8, 4) is 0 Å². The van der Waals surface area contributed by atoms with Gasteiger partial charge >= 0.3 is 23.9 Å². The summed E-state index contributed by atoms with van der Waals surface area (Å²) in [6.45, 7) is 4.67. The van der Waals surface area contributed by atoms with E-state index < -0.39 is 133 Å². The SMILES string of the molecule is CC(=O)N[C@@H](Cc1ccccc1)C(=O)N[C@@H](CCC(=O)O)C(=O)N[C@@H](CC(C)C)C(=O)N[C@@H](CC(=O)O)C(=O)N[C@@H](CCCCN)C(=O)N[C@@H](CC(=O)O)C(=O)N[C@@H](Cc1ccccc1)C(=O)O. The van der Waals surface area contributed by atoms with Gasteiger partial charge in [-0.3, -0.25) is 47.9 Å². The van der Waals surface area contributed by atoms with Gasteiger partial charge in [0.2, 0.25) is 41.4 Å². The maximum absolute atomic E-state index is 13.9. The van der Waals surface area contributed by atoms with E-state index >= 15 is 0 Å². The first-order valence-electron chi connectivity index (χ1n) is 21.8. The summed E-state index contributed by atoms with van der Waals surface area (Å²) in [5, 5.41) is 55.1. The van der Waals surface area contributed by atoms with Crippen molar-refractivity contribution in [2.45, 2.75) is 127 Å². The quantitative estimate of drug-likeness (QED) is 0.0402. The predicted octanol–water partition coefficient (Wildman–Crippen LogP) is -1.04. The highest BCUT2D eigenvalue weighted by Gasteiger charge is 2.35. The summed E-state index contributed by atoms with van der Waals surface area (Å²) in [5.74, 6) is -13.3. The number of carboxylic acids is 4. The maximum Gasteiger partial charge on any atom is 0.326 e. The molecule has 23 heteroatoms. The van der Waals surface area contributed by atoms with Crippen LogP contribution in [-0.4, -0.2) is 134 Å². The van der Waals surface area contributed by atoms with Crippen LogP contribution in [-0.2, 0) is 65.6 Å². The molecule has 0 unspecified atom stereocenters. The van der Waals surface area contributed by atoms with E-state index in [1.807, 2.05) is 0 Å². The number of nitrogens with one attached hydrogen (secondary N) is 7. The molecule has 23 nitrogen and oxygen atoms in total. The number of amides is 7. The highest BCUT2D eigenvalue weighted by atomic mass is 16.4. The Morgan fingerprint density at radius 3 is 1.26 bits per heavy atom. The Hall–Kier alpha value is -7.43. The molecule has 0 aliphatic heterocycles. The number of aliphatic carboxylic acids is 4. The van der Waals surface area contributed by atoms with Gasteiger partial charge in [0.25, 0.3) is 0 Å². The zero-order valence-electron chi connectivity index (χ0n) is 38.0. The van der Waals surface area contributed by atoms with Crippen LogP contribution in [0.3, 0.4) is 0 Å². The van der Waals surface area contributed by atoms with E-state index in [-0.39, 0.29) is 44.6 Å². The third-order valence-corrected chi connectivity index (χ3v) is 10.1. The lowest BCUT2D eigenvalue weighted by Gasteiger charge is -2.28. The third kappa shape index (κ3) is 21.7. The van der Waals surface area contributed by atoms with Crippen molar-refractivity contribution in [3.05, 3.63) is 71.8 Å². The van der Waals surface area contributed by atoms with E-state index in [4.69, 9.17) is 5.73 Å². The largest absolute Gasteiger partial charge is 0.481 e. The van der Waals surface area contributed by atoms with Gasteiger partial charge in [-0.15, -0.1) is 0 Å². The van der Waals surface area contributed by atoms with Crippen LogP contribution in [0.15, 0.2) is 60.7 Å². The minimum absolute atomic E-state index is 0.00111. The molecule has 13 N–H and O–H groups in total. The van der Waals surface area contributed by atoms with Gasteiger partial charge in [0.1, 0.15) is 42.3 Å². The molecule has 2 aromatic rings. The molecule has 0 bridgehead atoms. The van der Waals surface area contributed by atoms with Crippen LogP contribution in [0.2, 0.25) is 0 Å². The molecular weight excluding hydrogens is 893 g/mol. The van der Waals surface area contributed by atoms with Crippen LogP contribution in [0.5, 0.6) is 0 Å². The van der Waals surface area contributed by atoms with Crippen LogP contribution in [0.1, 0.15) is 83.3 Å². The van der Waals surface area contributed by atoms with Gasteiger partial charge in [-0.05, 0) is 55.7 Å². The molecule has 2 aromatic carbocycles. The Morgan fingerprint density at radius 2 is 0.853 bits per heavy atom. The second-order valence-corrected chi connectivity index (χ2v) is 16.4. The Kier molecular flexibility index (Phi) is 24.4. The topological polar surface area (TPSA) is 379 Å². The predicted molar refractivity (Wildman–Crippen MR) is 241 cm³/mol. The average Bonchev–Trinajstić information content (AvgIpc) is 3.26. The van der Waals surface area contributed by atoms with Gasteiger partial charge in [0, 0.05) is 26.2 Å². The lowest BCUT2D eigenvalue weighted by molar-refractivity contribution is -0.143. The Bertz CT molecular complexity index is 2070. The Labute approximate surface area is 392 Å². The van der Waals surface area contributed by atoms with Gasteiger partial charge < -0.3 is 63.4 Å². The molecule has 0 saturated heterocycles. The molecule has 0 heterocycles. The number of nitrogens with two attached hydrogens (primary N) is 1. The number of rotatable bonds is 31. The van der Waals surface area contributed by atoms with Crippen LogP contribution in [0.4, 0.5) is 0 Å². The zero-order chi connectivity index (χ0) is 50.9. The summed E-state index contributed by atoms with van der Waals surface area (Å²) in [6, 6.07) is 5.59. The van der Waals surface area contributed by atoms with Crippen molar-refractivity contribution in [2.75, 3.05) is 6.54 Å². The molecule has 0 radical (unpaired) electrons. The number of unbranched alkanes of at least 4 members (excludes halogenated alkanes) is 1. The van der Waals surface area contributed by atoms with Crippen molar-refractivity contribution < 1.29 is 73.2 Å². The lowest BCUT2D eigenvalue weighted by Crippen LogP contribution is -2.60. The number of hydrogen-bond donors (Lipinski definition) is 12. The van der Waals surface area contributed by atoms with Crippen molar-refractivity contribution in [1.29, 1.82) is 0 Å². The molecule has 0 spiro atoms. The molecule has 0 saturated carbocycles. The van der Waals surface area contributed by atoms with Gasteiger partial charge in [-0.2, -0.15) is 0 Å². The fourth-order valence-corrected chi connectivity index (χ4v) is 6.76. The minimum atomic E-state index is -1.91. The summed E-state index contributed by atoms with van der Waals surface area (Å²) in [4.78, 5) is 142. The molecule has 2 rings (SSSR count). The van der Waals surface area contributed by atoms with Gasteiger partial charge in [0.15, 0.2) is 0 Å². The molecule has 0 fully saturated rings. The van der Waals surface area contributed by atoms with Crippen molar-refractivity contribution in [1.82, 2.24) is 37.2 Å². The number of carbonyl (C=O) groups is 11. The van der Waals surface area contributed by atoms with E-state index in [2.05, 4.69) is 37.2 Å². The summed E-state index contributed by atoms with van der Waals surface area (Å²) in [5.41, 5.74) is 6.80. The van der Waals surface area contributed by atoms with Gasteiger partial charge in [-0.1, -0.05) is 74.5 Å². The zero-order valence-corrected chi connectivity index (χ0v) is 38.0. The lowest BCUT2D eigenvalue weighted by atomic mass is 10.0. The summed E-state index contributed by atoms with van der Waals surface area (Å²) < 4.78 is 0. The second kappa shape index (κ2) is 29.3. The van der Waals surface area contributed by atoms with E-state index in [9.17, 15) is 73.2 Å². The second-order valence-electron chi connectivity index (χ2n) is 16.4. The summed E-state index contributed by atoms with van der Waals surface area (Å²) in [7, 11) is 0. The highest BCUT2D eigenvalue weighted by Crippen LogP contribution is 2.12. The first kappa shape index (κ1) is 56.7. The fourth-order valence-electron chi connectivity index (χ4n) is 6.76. The van der Waals surface area contributed by atoms with Gasteiger partial charge in [-0.25, -0.2) is 4.79 Å². The van der Waals surface area contributed by atoms with Crippen molar-refractivity contribution in [2.24, 2.45) is 11.7 Å². The third-order valence-electron chi connectivity index (χ3n) is 10.1. The van der Waals surface area contributed by atoms with E-state index in [0.29, 0.717) is 17.5 Å². The van der Waals surface area contributed by atoms with Crippen LogP contribution < -0.4 is 43.0 Å². The highest BCUT2D eigenvalue weighted by molar-refractivity contribution is 5.99. The minimum Gasteiger partial charge on any atom is -0.481 e. The maximum atomic E-state index is 13.9. The van der Waals surface area contributed by atoms with Crippen LogP contribution >= 0.6 is 0 Å². The molecule has 7 atom stereocenters. The molecule has 0 aliphatic carbocycles. The molecule has 0 aromatic heterocycles. The fraction of sp³-hybridized carbons (Fsp3) is 0.489. The molecule has 7 amide bonds. The first-order valence-corrected chi connectivity index (χ1v) is 21.8. The molecule has 0 aliphatic rings. The van der Waals surface area contributed by atoms with Crippen molar-refractivity contribution >= 4 is 65.2 Å². The normalized spacial score (nSPS) is 14.0. The number of benzene rings is 2. The van der Waals surface area contributed by atoms with Crippen molar-refractivity contribution in [3.63, 3.8) is 0 Å². The monoisotopic (exact) mass is 954 g/mol. The molecule has 372 valence electrons. The van der Waals surface area contributed by atoms with Crippen LogP contribution in [0, 0.1) is 5.92 Å². The number of carbonyl (C=O) groups excluding carboxylic acids is 7. The van der Waals surface area contributed by atoms with E-state index in [1.54, 1.807) is 74.5 Å². The number of carboxylic acid groups (broad SMARTS) is 4. The number of hydrogen-bond acceptors (Lipinski definition) is 12. The Balaban J connectivity index is 2.37. The smallest absolute Gasteiger partial charge is 0.326 e. The molecular formula is C45H62N8O15. The summed E-state index contributed by atoms with van der Waals surface area (Å²) >= 11 is 0. The average molecular weight is 955 g/mol. The standard InChI is InChI=1S/C45H62N8O15/c1-25(2)20-31(50-40(62)30(17-18-36(55)56)49-42(64)32(47-26(3)54)21-27-12-6-4-7-13-27)41(63)52-33(23-37(57)58)43(65)48-29(16-10-11-19-46)39(61)51-34(24-38(59)60)44(66)53-35(45(67)68)22-28-14-8-5-9-15-28/h4-9,12-15,25,29-35H,10-11,16-24,46H2,1-3H3,(H,47,54)(H,48,65)(H,49,64)(H,50,62)(H,51,61)(H,52,63)(H,53,66)(H,55,56)(H,57,58)(H,59,60)(H,67,68)/t29-,30-,31-,32-,33-,34-,35-/m0/s1. The van der Waals surface area contributed by atoms with E-state index in [1.165, 1.54) is 6.92 Å². The van der Waals surface area contributed by atoms with Gasteiger partial charge in [0.05, 0.1) is 12.8 Å². The summed E-state index contributed by atoms with van der Waals surface area (Å²) in [6.07, 6.45) is -3.12. The Morgan fingerprint density at radius 1 is 0.471 bits per heavy atom.